The van der Waals surface area contributed by atoms with Gasteiger partial charge in [-0.1, -0.05) is 28.1 Å². The van der Waals surface area contributed by atoms with Crippen molar-refractivity contribution < 1.29 is 4.79 Å². The molecule has 0 saturated heterocycles. The highest BCUT2D eigenvalue weighted by molar-refractivity contribution is 9.10. The van der Waals surface area contributed by atoms with Gasteiger partial charge in [-0.05, 0) is 37.5 Å². The molecule has 0 aliphatic rings. The van der Waals surface area contributed by atoms with Gasteiger partial charge in [-0.15, -0.1) is 0 Å². The van der Waals surface area contributed by atoms with Crippen LogP contribution >= 0.6 is 15.9 Å². The summed E-state index contributed by atoms with van der Waals surface area (Å²) in [4.78, 5) is 10.4. The summed E-state index contributed by atoms with van der Waals surface area (Å²) in [5, 5.41) is 3.84. The number of hydrogen-bond acceptors (Lipinski definition) is 2. The molecule has 0 unspecified atom stereocenters. The van der Waals surface area contributed by atoms with Crippen LogP contribution in [0.15, 0.2) is 33.8 Å². The van der Waals surface area contributed by atoms with Crippen LogP contribution in [0.2, 0.25) is 0 Å². The van der Waals surface area contributed by atoms with E-state index >= 15 is 0 Å². The van der Waals surface area contributed by atoms with Crippen LogP contribution in [0.4, 0.5) is 4.79 Å². The number of amides is 2. The summed E-state index contributed by atoms with van der Waals surface area (Å²) in [6.07, 6.45) is 1.67. The normalized spacial score (nSPS) is 11.2. The molecule has 1 aromatic carbocycles. The number of nitrogens with zero attached hydrogens (tertiary/aromatic N) is 1. The molecule has 0 aliphatic carbocycles. The van der Waals surface area contributed by atoms with Crippen LogP contribution in [0, 0.1) is 0 Å². The number of hydrogen-bond donors (Lipinski definition) is 2. The van der Waals surface area contributed by atoms with Crippen LogP contribution in [0.25, 0.3) is 0 Å². The smallest absolute Gasteiger partial charge is 0.332 e. The van der Waals surface area contributed by atoms with Gasteiger partial charge in [0.2, 0.25) is 0 Å². The van der Waals surface area contributed by atoms with Crippen LogP contribution in [0.1, 0.15) is 18.9 Å². The van der Waals surface area contributed by atoms with Crippen molar-refractivity contribution in [3.05, 3.63) is 34.3 Å². The second-order valence-corrected chi connectivity index (χ2v) is 4.37. The second kappa shape index (κ2) is 6.27. The monoisotopic (exact) mass is 283 g/mol. The van der Waals surface area contributed by atoms with E-state index in [1.54, 1.807) is 0 Å². The molecule has 0 spiro atoms. The van der Waals surface area contributed by atoms with E-state index in [1.807, 2.05) is 19.1 Å². The van der Waals surface area contributed by atoms with Crippen molar-refractivity contribution in [1.29, 1.82) is 0 Å². The number of aryl methyl sites for hydroxylation is 1. The van der Waals surface area contributed by atoms with Gasteiger partial charge in [-0.2, -0.15) is 5.10 Å². The Morgan fingerprint density at radius 1 is 1.56 bits per heavy atom. The fourth-order valence-electron chi connectivity index (χ4n) is 1.22. The molecule has 4 nitrogen and oxygen atoms in total. The molecule has 0 bridgehead atoms. The Morgan fingerprint density at radius 2 is 2.31 bits per heavy atom. The van der Waals surface area contributed by atoms with Crippen LogP contribution in [0.5, 0.6) is 0 Å². The number of primary amides is 1. The predicted molar refractivity (Wildman–Crippen MR) is 68.3 cm³/mol. The first kappa shape index (κ1) is 12.7. The fourth-order valence-corrected chi connectivity index (χ4v) is 1.67. The Bertz CT molecular complexity index is 404. The van der Waals surface area contributed by atoms with Crippen molar-refractivity contribution in [2.45, 2.75) is 19.8 Å². The van der Waals surface area contributed by atoms with E-state index in [0.717, 1.165) is 23.0 Å². The number of hydrazone groups is 1. The molecule has 86 valence electrons. The number of urea groups is 1. The zero-order chi connectivity index (χ0) is 12.0. The van der Waals surface area contributed by atoms with Crippen molar-refractivity contribution >= 4 is 27.7 Å². The molecule has 2 amide bonds. The van der Waals surface area contributed by atoms with Gasteiger partial charge < -0.3 is 5.73 Å². The Hall–Kier alpha value is -1.36. The highest BCUT2D eigenvalue weighted by Gasteiger charge is 1.97. The summed E-state index contributed by atoms with van der Waals surface area (Å²) in [6, 6.07) is 7.46. The third kappa shape index (κ3) is 4.93. The maximum absolute atomic E-state index is 10.4. The Balaban J connectivity index is 2.45. The Morgan fingerprint density at radius 3 is 2.94 bits per heavy atom. The molecule has 5 heteroatoms. The summed E-state index contributed by atoms with van der Waals surface area (Å²) in [5.41, 5.74) is 9.19. The number of carbonyl (C=O) groups excluding carboxylic acids is 1. The maximum Gasteiger partial charge on any atom is 0.332 e. The predicted octanol–water partition coefficient (Wildman–Crippen LogP) is 2.43. The molecular formula is C11H14BrN3O. The van der Waals surface area contributed by atoms with E-state index in [2.05, 4.69) is 38.6 Å². The number of rotatable bonds is 4. The highest BCUT2D eigenvalue weighted by atomic mass is 79.9. The molecule has 0 atom stereocenters. The van der Waals surface area contributed by atoms with Crippen molar-refractivity contribution in [2.75, 3.05) is 0 Å². The third-order valence-electron chi connectivity index (χ3n) is 2.02. The molecule has 0 fully saturated rings. The lowest BCUT2D eigenvalue weighted by Gasteiger charge is -2.02. The lowest BCUT2D eigenvalue weighted by Crippen LogP contribution is -2.25. The minimum Gasteiger partial charge on any atom is -0.350 e. The minimum atomic E-state index is -0.637. The number of carbonyl (C=O) groups is 1. The lowest BCUT2D eigenvalue weighted by molar-refractivity contribution is 0.249. The molecular weight excluding hydrogens is 270 g/mol. The Kier molecular flexibility index (Phi) is 4.98. The van der Waals surface area contributed by atoms with Gasteiger partial charge in [0, 0.05) is 10.2 Å². The molecule has 3 N–H and O–H groups in total. The number of halogens is 1. The first-order valence-electron chi connectivity index (χ1n) is 4.91. The van der Waals surface area contributed by atoms with Gasteiger partial charge >= 0.3 is 6.03 Å². The molecule has 0 aliphatic heterocycles. The van der Waals surface area contributed by atoms with E-state index in [1.165, 1.54) is 5.56 Å². The summed E-state index contributed by atoms with van der Waals surface area (Å²) in [5.74, 6) is 0. The van der Waals surface area contributed by atoms with Crippen LogP contribution in [0.3, 0.4) is 0 Å². The van der Waals surface area contributed by atoms with Crippen LogP contribution in [-0.2, 0) is 6.42 Å². The Labute approximate surface area is 103 Å². The first-order chi connectivity index (χ1) is 7.58. The summed E-state index contributed by atoms with van der Waals surface area (Å²) in [6.45, 7) is 1.86. The lowest BCUT2D eigenvalue weighted by atomic mass is 10.1. The molecule has 0 saturated carbocycles. The van der Waals surface area contributed by atoms with E-state index in [0.29, 0.717) is 0 Å². The zero-order valence-corrected chi connectivity index (χ0v) is 10.6. The average Bonchev–Trinajstić information content (AvgIpc) is 2.23. The van der Waals surface area contributed by atoms with Gasteiger partial charge in [-0.25, -0.2) is 10.2 Å². The molecule has 0 aromatic heterocycles. The molecule has 0 radical (unpaired) electrons. The second-order valence-electron chi connectivity index (χ2n) is 3.45. The van der Waals surface area contributed by atoms with E-state index in [-0.39, 0.29) is 0 Å². The molecule has 0 heterocycles. The minimum absolute atomic E-state index is 0.637. The standard InChI is InChI=1S/C11H14BrN3O/c1-8(14-15-11(13)16)5-6-9-3-2-4-10(12)7-9/h2-4,7H,5-6H2,1H3,(H3,13,15,16)/b14-8+. The summed E-state index contributed by atoms with van der Waals surface area (Å²) >= 11 is 3.42. The maximum atomic E-state index is 10.4. The largest absolute Gasteiger partial charge is 0.350 e. The van der Waals surface area contributed by atoms with Gasteiger partial charge in [0.05, 0.1) is 0 Å². The van der Waals surface area contributed by atoms with Crippen molar-refractivity contribution in [3.8, 4) is 0 Å². The van der Waals surface area contributed by atoms with Crippen molar-refractivity contribution in [1.82, 2.24) is 5.43 Å². The summed E-state index contributed by atoms with van der Waals surface area (Å²) in [7, 11) is 0. The zero-order valence-electron chi connectivity index (χ0n) is 9.03. The van der Waals surface area contributed by atoms with Gasteiger partial charge in [0.15, 0.2) is 0 Å². The SMILES string of the molecule is C/C(CCc1cccc(Br)c1)=N\NC(N)=O. The fraction of sp³-hybridized carbons (Fsp3) is 0.273. The van der Waals surface area contributed by atoms with Crippen molar-refractivity contribution in [2.24, 2.45) is 10.8 Å². The highest BCUT2D eigenvalue weighted by Crippen LogP contribution is 2.13. The average molecular weight is 284 g/mol. The van der Waals surface area contributed by atoms with E-state index in [4.69, 9.17) is 5.73 Å². The number of nitrogens with two attached hydrogens (primary N) is 1. The summed E-state index contributed by atoms with van der Waals surface area (Å²) < 4.78 is 1.06. The van der Waals surface area contributed by atoms with Gasteiger partial charge in [0.25, 0.3) is 0 Å². The quantitative estimate of drug-likeness (QED) is 0.647. The van der Waals surface area contributed by atoms with Crippen molar-refractivity contribution in [3.63, 3.8) is 0 Å². The van der Waals surface area contributed by atoms with Gasteiger partial charge in [0.1, 0.15) is 0 Å². The van der Waals surface area contributed by atoms with Crippen LogP contribution in [-0.4, -0.2) is 11.7 Å². The topological polar surface area (TPSA) is 67.5 Å². The molecule has 1 aromatic rings. The molecule has 16 heavy (non-hydrogen) atoms. The van der Waals surface area contributed by atoms with Crippen LogP contribution < -0.4 is 11.2 Å². The van der Waals surface area contributed by atoms with Gasteiger partial charge in [-0.3, -0.25) is 0 Å². The van der Waals surface area contributed by atoms with E-state index in [9.17, 15) is 4.79 Å². The first-order valence-corrected chi connectivity index (χ1v) is 5.70. The third-order valence-corrected chi connectivity index (χ3v) is 2.51. The van der Waals surface area contributed by atoms with E-state index < -0.39 is 6.03 Å². The number of nitrogens with one attached hydrogen (secondary N) is 1. The number of benzene rings is 1. The molecule has 1 rings (SSSR count).